The number of likely N-dealkylation sites (N-methyl/N-ethyl adjacent to an activating group) is 1. The van der Waals surface area contributed by atoms with Crippen molar-refractivity contribution in [2.75, 3.05) is 33.8 Å². The summed E-state index contributed by atoms with van der Waals surface area (Å²) in [7, 11) is 3.45. The number of amides is 1. The van der Waals surface area contributed by atoms with Crippen LogP contribution in [0.4, 0.5) is 0 Å². The number of piperidine rings is 1. The fourth-order valence-corrected chi connectivity index (χ4v) is 4.85. The number of carbonyl (C=O) groups excluding carboxylic acids is 1. The zero-order valence-corrected chi connectivity index (χ0v) is 19.3. The summed E-state index contributed by atoms with van der Waals surface area (Å²) in [4.78, 5) is 22.0. The quantitative estimate of drug-likeness (QED) is 0.620. The Labute approximate surface area is 191 Å². The molecule has 6 nitrogen and oxygen atoms in total. The van der Waals surface area contributed by atoms with Gasteiger partial charge in [-0.2, -0.15) is 0 Å². The van der Waals surface area contributed by atoms with Crippen molar-refractivity contribution in [3.63, 3.8) is 0 Å². The Kier molecular flexibility index (Phi) is 7.63. The van der Waals surface area contributed by atoms with E-state index >= 15 is 0 Å². The maximum atomic E-state index is 13.3. The minimum Gasteiger partial charge on any atom is -0.497 e. The smallest absolute Gasteiger partial charge is 0.257 e. The van der Waals surface area contributed by atoms with Crippen molar-refractivity contribution in [3.8, 4) is 11.5 Å². The highest BCUT2D eigenvalue weighted by Gasteiger charge is 2.29. The molecule has 1 saturated heterocycles. The number of methoxy groups -OCH3 is 1. The highest BCUT2D eigenvalue weighted by Crippen LogP contribution is 2.30. The molecular formula is C26H35N3O3. The monoisotopic (exact) mass is 437 g/mol. The molecule has 2 aromatic rings. The molecule has 0 radical (unpaired) electrons. The van der Waals surface area contributed by atoms with Crippen LogP contribution in [0.5, 0.6) is 11.5 Å². The van der Waals surface area contributed by atoms with E-state index in [4.69, 9.17) is 9.47 Å². The average Bonchev–Trinajstić information content (AvgIpc) is 3.38. The molecule has 6 heteroatoms. The second-order valence-electron chi connectivity index (χ2n) is 8.95. The molecule has 1 aromatic carbocycles. The number of benzene rings is 1. The molecular weight excluding hydrogens is 402 g/mol. The molecule has 172 valence electrons. The van der Waals surface area contributed by atoms with E-state index in [2.05, 4.69) is 9.88 Å². The van der Waals surface area contributed by atoms with Gasteiger partial charge in [0.2, 0.25) is 0 Å². The third-order valence-corrected chi connectivity index (χ3v) is 6.80. The SMILES string of the molecule is COc1ccc(OC2CCN(C3CCCC3)CC2)c(C(=O)N(C)CCc2ccccn2)c1. The van der Waals surface area contributed by atoms with Crippen LogP contribution in [-0.2, 0) is 6.42 Å². The fourth-order valence-electron chi connectivity index (χ4n) is 4.85. The Morgan fingerprint density at radius 3 is 2.59 bits per heavy atom. The van der Waals surface area contributed by atoms with E-state index in [0.29, 0.717) is 30.0 Å². The molecule has 0 atom stereocenters. The van der Waals surface area contributed by atoms with Gasteiger partial charge in [0.1, 0.15) is 17.6 Å². The van der Waals surface area contributed by atoms with Gasteiger partial charge in [0, 0.05) is 51.0 Å². The lowest BCUT2D eigenvalue weighted by atomic mass is 10.0. The summed E-state index contributed by atoms with van der Waals surface area (Å²) >= 11 is 0. The van der Waals surface area contributed by atoms with E-state index in [0.717, 1.165) is 37.7 Å². The summed E-state index contributed by atoms with van der Waals surface area (Å²) < 4.78 is 11.8. The van der Waals surface area contributed by atoms with E-state index in [9.17, 15) is 4.79 Å². The predicted molar refractivity (Wildman–Crippen MR) is 125 cm³/mol. The third-order valence-electron chi connectivity index (χ3n) is 6.80. The fraction of sp³-hybridized carbons (Fsp3) is 0.538. The van der Waals surface area contributed by atoms with Gasteiger partial charge in [-0.25, -0.2) is 0 Å². The van der Waals surface area contributed by atoms with Gasteiger partial charge in [0.15, 0.2) is 0 Å². The topological polar surface area (TPSA) is 54.9 Å². The van der Waals surface area contributed by atoms with E-state index in [-0.39, 0.29) is 12.0 Å². The normalized spacial score (nSPS) is 17.9. The van der Waals surface area contributed by atoms with Gasteiger partial charge in [0.25, 0.3) is 5.91 Å². The van der Waals surface area contributed by atoms with Gasteiger partial charge in [-0.15, -0.1) is 0 Å². The molecule has 1 aliphatic heterocycles. The van der Waals surface area contributed by atoms with Crippen molar-refractivity contribution in [3.05, 3.63) is 53.9 Å². The number of rotatable bonds is 8. The molecule has 1 aliphatic carbocycles. The van der Waals surface area contributed by atoms with Crippen molar-refractivity contribution in [1.82, 2.24) is 14.8 Å². The van der Waals surface area contributed by atoms with Gasteiger partial charge >= 0.3 is 0 Å². The number of aromatic nitrogens is 1. The number of hydrogen-bond donors (Lipinski definition) is 0. The van der Waals surface area contributed by atoms with Crippen LogP contribution >= 0.6 is 0 Å². The Bertz CT molecular complexity index is 875. The van der Waals surface area contributed by atoms with Crippen molar-refractivity contribution in [2.45, 2.75) is 57.1 Å². The molecule has 1 saturated carbocycles. The Morgan fingerprint density at radius 2 is 1.91 bits per heavy atom. The minimum atomic E-state index is -0.0572. The first-order valence-corrected chi connectivity index (χ1v) is 11.9. The van der Waals surface area contributed by atoms with Crippen LogP contribution in [0.2, 0.25) is 0 Å². The summed E-state index contributed by atoms with van der Waals surface area (Å²) in [5, 5.41) is 0. The van der Waals surface area contributed by atoms with Crippen molar-refractivity contribution < 1.29 is 14.3 Å². The van der Waals surface area contributed by atoms with E-state index < -0.39 is 0 Å². The lowest BCUT2D eigenvalue weighted by molar-refractivity contribution is 0.0714. The summed E-state index contributed by atoms with van der Waals surface area (Å²) in [6, 6.07) is 12.2. The highest BCUT2D eigenvalue weighted by atomic mass is 16.5. The summed E-state index contributed by atoms with van der Waals surface area (Å²) in [6.45, 7) is 2.75. The van der Waals surface area contributed by atoms with E-state index in [1.165, 1.54) is 25.7 Å². The Hall–Kier alpha value is -2.60. The first-order valence-electron chi connectivity index (χ1n) is 11.9. The average molecular weight is 438 g/mol. The zero-order valence-electron chi connectivity index (χ0n) is 19.3. The van der Waals surface area contributed by atoms with E-state index in [1.54, 1.807) is 24.3 Å². The molecule has 2 aliphatic rings. The van der Waals surface area contributed by atoms with Crippen LogP contribution < -0.4 is 9.47 Å². The van der Waals surface area contributed by atoms with Gasteiger partial charge in [-0.3, -0.25) is 9.78 Å². The summed E-state index contributed by atoms with van der Waals surface area (Å²) in [5.41, 5.74) is 1.54. The number of hydrogen-bond acceptors (Lipinski definition) is 5. The number of carbonyl (C=O) groups is 1. The first kappa shape index (κ1) is 22.6. The molecule has 1 aromatic heterocycles. The maximum absolute atomic E-state index is 13.3. The van der Waals surface area contributed by atoms with Gasteiger partial charge in [-0.05, 0) is 56.0 Å². The largest absolute Gasteiger partial charge is 0.497 e. The highest BCUT2D eigenvalue weighted by molar-refractivity contribution is 5.97. The van der Waals surface area contributed by atoms with Crippen LogP contribution in [-0.4, -0.2) is 66.6 Å². The summed E-state index contributed by atoms with van der Waals surface area (Å²) in [6.07, 6.45) is 10.1. The second-order valence-corrected chi connectivity index (χ2v) is 8.95. The third kappa shape index (κ3) is 5.60. The molecule has 32 heavy (non-hydrogen) atoms. The van der Waals surface area contributed by atoms with Gasteiger partial charge in [0.05, 0.1) is 12.7 Å². The predicted octanol–water partition coefficient (Wildman–Crippen LogP) is 4.19. The Balaban J connectivity index is 1.39. The minimum absolute atomic E-state index is 0.0572. The van der Waals surface area contributed by atoms with Gasteiger partial charge < -0.3 is 19.3 Å². The zero-order chi connectivity index (χ0) is 22.3. The molecule has 0 N–H and O–H groups in total. The van der Waals surface area contributed by atoms with Crippen LogP contribution in [0.15, 0.2) is 42.6 Å². The van der Waals surface area contributed by atoms with Crippen molar-refractivity contribution in [1.29, 1.82) is 0 Å². The molecule has 1 amide bonds. The molecule has 0 spiro atoms. The van der Waals surface area contributed by atoms with Crippen molar-refractivity contribution >= 4 is 5.91 Å². The molecule has 2 heterocycles. The number of ether oxygens (including phenoxy) is 2. The van der Waals surface area contributed by atoms with Crippen LogP contribution in [0.3, 0.4) is 0 Å². The van der Waals surface area contributed by atoms with Crippen LogP contribution in [0, 0.1) is 0 Å². The number of nitrogens with zero attached hydrogens (tertiary/aromatic N) is 3. The second kappa shape index (κ2) is 10.8. The lowest BCUT2D eigenvalue weighted by Crippen LogP contribution is -2.43. The summed E-state index contributed by atoms with van der Waals surface area (Å²) in [5.74, 6) is 1.26. The number of pyridine rings is 1. The Morgan fingerprint density at radius 1 is 1.12 bits per heavy atom. The molecule has 2 fully saturated rings. The van der Waals surface area contributed by atoms with E-state index in [1.807, 2.05) is 37.4 Å². The molecule has 0 unspecified atom stereocenters. The standard InChI is InChI=1S/C26H35N3O3/c1-28(16-12-20-7-5-6-15-27-20)26(30)24-19-23(31-2)10-11-25(24)32-22-13-17-29(18-14-22)21-8-3-4-9-21/h5-7,10-11,15,19,21-22H,3-4,8-9,12-14,16-18H2,1-2H3. The van der Waals surface area contributed by atoms with Gasteiger partial charge in [-0.1, -0.05) is 18.9 Å². The maximum Gasteiger partial charge on any atom is 0.257 e. The number of likely N-dealkylation sites (tertiary alicyclic amines) is 1. The lowest BCUT2D eigenvalue weighted by Gasteiger charge is -2.36. The first-order chi connectivity index (χ1) is 15.6. The van der Waals surface area contributed by atoms with Crippen LogP contribution in [0.1, 0.15) is 54.6 Å². The van der Waals surface area contributed by atoms with Crippen molar-refractivity contribution in [2.24, 2.45) is 0 Å². The molecule has 4 rings (SSSR count). The molecule has 0 bridgehead atoms. The van der Waals surface area contributed by atoms with Crippen LogP contribution in [0.25, 0.3) is 0 Å².